The van der Waals surface area contributed by atoms with E-state index in [-0.39, 0.29) is 102 Å². The molecule has 4 heterocycles. The van der Waals surface area contributed by atoms with Gasteiger partial charge in [-0.25, -0.2) is 0 Å². The number of nitrogens with zero attached hydrogens (tertiary/aromatic N) is 4. The third kappa shape index (κ3) is 9.24. The maximum absolute atomic E-state index is 13.6. The molecule has 0 radical (unpaired) electrons. The Kier molecular flexibility index (Phi) is 13.1. The molecule has 0 saturated heterocycles. The van der Waals surface area contributed by atoms with Crippen LogP contribution in [-0.4, -0.2) is 92.1 Å². The summed E-state index contributed by atoms with van der Waals surface area (Å²) in [6.45, 7) is 2.88. The maximum Gasteiger partial charge on any atom is 0.272 e. The number of phenols is 2. The number of nitrogens with one attached hydrogen (secondary N) is 5. The van der Waals surface area contributed by atoms with Crippen LogP contribution in [0.5, 0.6) is 11.5 Å². The average molecular weight is 965 g/mol. The van der Waals surface area contributed by atoms with Gasteiger partial charge in [-0.1, -0.05) is 12.1 Å². The molecule has 4 aromatic carbocycles. The van der Waals surface area contributed by atoms with Crippen molar-refractivity contribution >= 4 is 120 Å². The van der Waals surface area contributed by atoms with Crippen LogP contribution in [0, 0.1) is 0 Å². The van der Waals surface area contributed by atoms with Gasteiger partial charge in [-0.05, 0) is 58.3 Å². The lowest BCUT2D eigenvalue weighted by atomic mass is 9.95. The van der Waals surface area contributed by atoms with Gasteiger partial charge in [0, 0.05) is 124 Å². The number of aryl methyl sites for hydroxylation is 2. The highest BCUT2D eigenvalue weighted by Crippen LogP contribution is 2.47. The Bertz CT molecular complexity index is 3110. The highest BCUT2D eigenvalue weighted by atomic mass is 35.5. The van der Waals surface area contributed by atoms with Crippen LogP contribution in [0.4, 0.5) is 34.1 Å². The summed E-state index contributed by atoms with van der Waals surface area (Å²) in [4.78, 5) is 93.2. The molecule has 68 heavy (non-hydrogen) atoms. The third-order valence-corrected chi connectivity index (χ3v) is 12.8. The van der Waals surface area contributed by atoms with Crippen LogP contribution < -0.4 is 36.4 Å². The van der Waals surface area contributed by atoms with Gasteiger partial charge in [0.05, 0.1) is 29.3 Å². The first-order valence-corrected chi connectivity index (χ1v) is 22.6. The molecule has 352 valence electrons. The summed E-state index contributed by atoms with van der Waals surface area (Å²) >= 11 is 12.7. The number of halogens is 2. The molecule has 0 bridgehead atoms. The van der Waals surface area contributed by atoms with Crippen LogP contribution in [0.2, 0.25) is 0 Å². The van der Waals surface area contributed by atoms with Crippen molar-refractivity contribution in [2.45, 2.75) is 38.5 Å². The van der Waals surface area contributed by atoms with Crippen molar-refractivity contribution in [3.8, 4) is 11.5 Å². The third-order valence-electron chi connectivity index (χ3n) is 12.1. The summed E-state index contributed by atoms with van der Waals surface area (Å²) < 4.78 is 3.01. The van der Waals surface area contributed by atoms with Crippen molar-refractivity contribution in [1.29, 1.82) is 0 Å². The fraction of sp³-hybridized carbons (Fsp3) is 0.271. The maximum atomic E-state index is 13.6. The minimum atomic E-state index is -0.582. The molecule has 7 amide bonds. The normalized spacial score (nSPS) is 15.0. The van der Waals surface area contributed by atoms with Gasteiger partial charge in [0.1, 0.15) is 22.9 Å². The second-order valence-electron chi connectivity index (χ2n) is 16.9. The van der Waals surface area contributed by atoms with Gasteiger partial charge >= 0.3 is 0 Å². The summed E-state index contributed by atoms with van der Waals surface area (Å²) in [5.41, 5.74) is 4.50. The predicted octanol–water partition coefficient (Wildman–Crippen LogP) is 6.44. The first kappa shape index (κ1) is 46.9. The SMILES string of the molecule is CC(=O)Nc1ccc2c3c(cc(O)c2c1)N(C(=O)CCC(=O)Nc1cc(C(=O)Nc2cc(C(=O)NCC(=O)N4CC(CCl)c5c4cc(O)c4cc(NC(C)=O)ccc54)n(C)c2)n(C)c1)CC3CCl. The van der Waals surface area contributed by atoms with Gasteiger partial charge in [0.25, 0.3) is 11.8 Å². The van der Waals surface area contributed by atoms with Gasteiger partial charge < -0.3 is 55.7 Å². The van der Waals surface area contributed by atoms with Crippen molar-refractivity contribution in [3.05, 3.63) is 95.6 Å². The number of alkyl halides is 2. The van der Waals surface area contributed by atoms with Crippen LogP contribution in [0.3, 0.4) is 0 Å². The largest absolute Gasteiger partial charge is 0.507 e. The van der Waals surface area contributed by atoms with Crippen molar-refractivity contribution in [1.82, 2.24) is 14.5 Å². The number of carbonyl (C=O) groups is 7. The van der Waals surface area contributed by atoms with E-state index in [1.165, 1.54) is 63.2 Å². The molecule has 2 aromatic heterocycles. The van der Waals surface area contributed by atoms with Gasteiger partial charge in [0.15, 0.2) is 0 Å². The molecule has 2 atom stereocenters. The zero-order valence-electron chi connectivity index (χ0n) is 37.3. The monoisotopic (exact) mass is 963 g/mol. The minimum absolute atomic E-state index is 0.0747. The molecule has 2 aliphatic rings. The number of rotatable bonds is 13. The first-order valence-electron chi connectivity index (χ1n) is 21.5. The number of anilines is 6. The van der Waals surface area contributed by atoms with E-state index in [1.807, 2.05) is 0 Å². The Balaban J connectivity index is 0.860. The Morgan fingerprint density at radius 1 is 0.574 bits per heavy atom. The summed E-state index contributed by atoms with van der Waals surface area (Å²) in [5, 5.41) is 37.8. The molecule has 2 aliphatic heterocycles. The standard InChI is InChI=1S/C48H47Cl2N9O9/c1-24(60)52-28-5-7-32-34(11-28)40(62)15-36-45(32)26(17-49)20-58(36)43(65)10-9-42(64)54-30-13-39(57(4)22-30)48(68)55-31-14-38(56(3)23-31)47(67)51-19-44(66)59-21-27(18-50)46-33-8-6-29(53-25(2)61)12-35(33)41(63)16-37(46)59/h5-8,11-16,22-23,26-27,62-63H,9-10,17-21H2,1-4H3,(H,51,67)(H,52,60)(H,53,61)(H,54,64)(H,55,68). The Morgan fingerprint density at radius 2 is 1.04 bits per heavy atom. The van der Waals surface area contributed by atoms with E-state index in [0.717, 1.165) is 11.1 Å². The van der Waals surface area contributed by atoms with Crippen molar-refractivity contribution in [2.75, 3.05) is 62.5 Å². The van der Waals surface area contributed by atoms with Gasteiger partial charge in [-0.3, -0.25) is 33.6 Å². The molecule has 20 heteroatoms. The molecular formula is C48H47Cl2N9O9. The Labute approximate surface area is 399 Å². The highest BCUT2D eigenvalue weighted by molar-refractivity contribution is 6.20. The summed E-state index contributed by atoms with van der Waals surface area (Å²) in [5.74, 6) is -3.13. The molecule has 0 saturated carbocycles. The van der Waals surface area contributed by atoms with E-state index in [4.69, 9.17) is 23.2 Å². The number of hydrogen-bond acceptors (Lipinski definition) is 9. The Morgan fingerprint density at radius 3 is 1.53 bits per heavy atom. The van der Waals surface area contributed by atoms with Crippen LogP contribution in [0.15, 0.2) is 73.1 Å². The number of phenolic OH excluding ortho intramolecular Hbond substituents is 2. The van der Waals surface area contributed by atoms with E-state index >= 15 is 0 Å². The van der Waals surface area contributed by atoms with Gasteiger partial charge in [-0.2, -0.15) is 0 Å². The Hall–Kier alpha value is -7.57. The van der Waals surface area contributed by atoms with Crippen LogP contribution >= 0.6 is 23.2 Å². The zero-order chi connectivity index (χ0) is 48.7. The van der Waals surface area contributed by atoms with Crippen molar-refractivity contribution in [2.24, 2.45) is 14.1 Å². The molecular weight excluding hydrogens is 917 g/mol. The van der Waals surface area contributed by atoms with Crippen molar-refractivity contribution < 1.29 is 43.8 Å². The number of hydrogen-bond donors (Lipinski definition) is 7. The van der Waals surface area contributed by atoms with Crippen LogP contribution in [0.1, 0.15) is 70.6 Å². The van der Waals surface area contributed by atoms with E-state index in [2.05, 4.69) is 26.6 Å². The number of carbonyl (C=O) groups excluding carboxylic acids is 7. The average Bonchev–Trinajstić information content (AvgIpc) is 4.06. The van der Waals surface area contributed by atoms with Gasteiger partial charge in [-0.15, -0.1) is 23.2 Å². The van der Waals surface area contributed by atoms with Crippen molar-refractivity contribution in [3.63, 3.8) is 0 Å². The smallest absolute Gasteiger partial charge is 0.272 e. The number of aromatic hydroxyl groups is 2. The second kappa shape index (κ2) is 19.0. The highest BCUT2D eigenvalue weighted by Gasteiger charge is 2.36. The molecule has 0 fully saturated rings. The summed E-state index contributed by atoms with van der Waals surface area (Å²) in [6, 6.07) is 16.2. The fourth-order valence-corrected chi connectivity index (χ4v) is 9.58. The molecule has 0 spiro atoms. The zero-order valence-corrected chi connectivity index (χ0v) is 38.8. The lowest BCUT2D eigenvalue weighted by Crippen LogP contribution is -2.40. The molecule has 6 aromatic rings. The van der Waals surface area contributed by atoms with E-state index < -0.39 is 23.6 Å². The lowest BCUT2D eigenvalue weighted by Gasteiger charge is -2.19. The summed E-state index contributed by atoms with van der Waals surface area (Å²) in [7, 11) is 3.23. The van der Waals surface area contributed by atoms with Crippen LogP contribution in [0.25, 0.3) is 21.5 Å². The molecule has 0 aliphatic carbocycles. The van der Waals surface area contributed by atoms with Crippen LogP contribution in [-0.2, 0) is 38.1 Å². The predicted molar refractivity (Wildman–Crippen MR) is 260 cm³/mol. The second-order valence-corrected chi connectivity index (χ2v) is 17.5. The molecule has 8 rings (SSSR count). The van der Waals surface area contributed by atoms with Gasteiger partial charge in [0.2, 0.25) is 29.5 Å². The molecule has 18 nitrogen and oxygen atoms in total. The van der Waals surface area contributed by atoms with E-state index in [0.29, 0.717) is 50.0 Å². The number of benzene rings is 4. The van der Waals surface area contributed by atoms with E-state index in [1.54, 1.807) is 56.7 Å². The quantitative estimate of drug-likeness (QED) is 0.0630. The molecule has 7 N–H and O–H groups in total. The lowest BCUT2D eigenvalue weighted by molar-refractivity contribution is -0.122. The summed E-state index contributed by atoms with van der Waals surface area (Å²) in [6.07, 6.45) is 2.76. The number of fused-ring (bicyclic) bond motifs is 6. The number of amides is 7. The van der Waals surface area contributed by atoms with E-state index in [9.17, 15) is 43.8 Å². The fourth-order valence-electron chi connectivity index (χ4n) is 9.07. The molecule has 2 unspecified atom stereocenters. The number of aromatic nitrogens is 2. The topological polar surface area (TPSA) is 236 Å². The minimum Gasteiger partial charge on any atom is -0.507 e. The first-order chi connectivity index (χ1) is 32.4.